The van der Waals surface area contributed by atoms with E-state index in [4.69, 9.17) is 26.5 Å². The standard InChI is InChI=1S/C20H17NO7S2/c1-27-12-4-2-11(3-5-12)15-8-6-13(28-15)10-16-18(24)21(20(29)30-16)14(19(25)26)7-9-17(22)23/h2-6,8,10,14H,7,9H2,1H3,(H,22,23)(H,25,26)/b16-10-/t14-/m0/s1. The zero-order chi connectivity index (χ0) is 21.8. The van der Waals surface area contributed by atoms with Gasteiger partial charge in [0.05, 0.1) is 12.0 Å². The number of carbonyl (C=O) groups is 3. The molecule has 0 spiro atoms. The summed E-state index contributed by atoms with van der Waals surface area (Å²) in [7, 11) is 1.58. The number of furan rings is 1. The number of rotatable bonds is 8. The molecule has 10 heteroatoms. The molecule has 1 amide bonds. The fourth-order valence-electron chi connectivity index (χ4n) is 2.84. The number of methoxy groups -OCH3 is 1. The summed E-state index contributed by atoms with van der Waals surface area (Å²) < 4.78 is 11.0. The van der Waals surface area contributed by atoms with Crippen LogP contribution < -0.4 is 4.74 Å². The summed E-state index contributed by atoms with van der Waals surface area (Å²) in [4.78, 5) is 36.3. The number of thiocarbonyl (C=S) groups is 1. The number of carboxylic acid groups (broad SMARTS) is 2. The van der Waals surface area contributed by atoms with Gasteiger partial charge in [-0.15, -0.1) is 0 Å². The van der Waals surface area contributed by atoms with Crippen LogP contribution in [-0.2, 0) is 14.4 Å². The Kier molecular flexibility index (Phi) is 6.58. The normalized spacial score (nSPS) is 16.2. The molecule has 2 N–H and O–H groups in total. The summed E-state index contributed by atoms with van der Waals surface area (Å²) in [5.41, 5.74) is 0.822. The Labute approximate surface area is 181 Å². The van der Waals surface area contributed by atoms with Crippen molar-refractivity contribution in [2.45, 2.75) is 18.9 Å². The van der Waals surface area contributed by atoms with E-state index in [2.05, 4.69) is 0 Å². The van der Waals surface area contributed by atoms with Crippen LogP contribution in [0, 0.1) is 0 Å². The van der Waals surface area contributed by atoms with Crippen LogP contribution in [-0.4, -0.2) is 50.4 Å². The van der Waals surface area contributed by atoms with Crippen molar-refractivity contribution in [2.24, 2.45) is 0 Å². The van der Waals surface area contributed by atoms with Crippen molar-refractivity contribution in [3.8, 4) is 17.1 Å². The molecule has 0 unspecified atom stereocenters. The third kappa shape index (κ3) is 4.71. The van der Waals surface area contributed by atoms with Gasteiger partial charge in [-0.1, -0.05) is 24.0 Å². The summed E-state index contributed by atoms with van der Waals surface area (Å²) in [6, 6.07) is 9.36. The minimum absolute atomic E-state index is 0.0611. The fraction of sp³-hybridized carbons (Fsp3) is 0.200. The van der Waals surface area contributed by atoms with Crippen molar-refractivity contribution < 1.29 is 33.8 Å². The Morgan fingerprint density at radius 3 is 2.53 bits per heavy atom. The van der Waals surface area contributed by atoms with Gasteiger partial charge in [-0.25, -0.2) is 4.79 Å². The van der Waals surface area contributed by atoms with Gasteiger partial charge < -0.3 is 19.4 Å². The van der Waals surface area contributed by atoms with Gasteiger partial charge in [0, 0.05) is 18.1 Å². The predicted octanol–water partition coefficient (Wildman–Crippen LogP) is 3.47. The summed E-state index contributed by atoms with van der Waals surface area (Å²) in [5, 5.41) is 18.2. The molecule has 0 aliphatic carbocycles. The van der Waals surface area contributed by atoms with E-state index in [0.29, 0.717) is 17.3 Å². The number of ether oxygens (including phenoxy) is 1. The molecule has 3 rings (SSSR count). The fourth-order valence-corrected chi connectivity index (χ4v) is 4.18. The summed E-state index contributed by atoms with van der Waals surface area (Å²) in [5.74, 6) is -1.35. The van der Waals surface area contributed by atoms with Crippen LogP contribution in [0.15, 0.2) is 45.7 Å². The highest BCUT2D eigenvalue weighted by atomic mass is 32.2. The number of thioether (sulfide) groups is 1. The van der Waals surface area contributed by atoms with E-state index in [1.54, 1.807) is 31.4 Å². The molecule has 156 valence electrons. The Bertz CT molecular complexity index is 1030. The van der Waals surface area contributed by atoms with Crippen molar-refractivity contribution in [2.75, 3.05) is 7.11 Å². The first-order chi connectivity index (χ1) is 14.3. The van der Waals surface area contributed by atoms with Crippen molar-refractivity contribution in [1.29, 1.82) is 0 Å². The van der Waals surface area contributed by atoms with Crippen LogP contribution >= 0.6 is 24.0 Å². The van der Waals surface area contributed by atoms with Crippen LogP contribution in [0.3, 0.4) is 0 Å². The number of aliphatic carboxylic acids is 2. The maximum absolute atomic E-state index is 12.7. The third-order valence-electron chi connectivity index (χ3n) is 4.33. The highest BCUT2D eigenvalue weighted by Crippen LogP contribution is 2.35. The lowest BCUT2D eigenvalue weighted by Gasteiger charge is -2.22. The molecule has 1 aliphatic rings. The number of benzene rings is 1. The lowest BCUT2D eigenvalue weighted by Crippen LogP contribution is -2.44. The molecule has 1 fully saturated rings. The van der Waals surface area contributed by atoms with E-state index in [1.165, 1.54) is 6.08 Å². The molecule has 8 nitrogen and oxygen atoms in total. The largest absolute Gasteiger partial charge is 0.497 e. The highest BCUT2D eigenvalue weighted by molar-refractivity contribution is 8.26. The quantitative estimate of drug-likeness (QED) is 0.463. The second-order valence-electron chi connectivity index (χ2n) is 6.27. The maximum atomic E-state index is 12.7. The van der Waals surface area contributed by atoms with Gasteiger partial charge in [-0.05, 0) is 42.8 Å². The maximum Gasteiger partial charge on any atom is 0.326 e. The van der Waals surface area contributed by atoms with Crippen molar-refractivity contribution in [3.05, 3.63) is 47.1 Å². The molecule has 2 heterocycles. The zero-order valence-corrected chi connectivity index (χ0v) is 17.4. The number of carbonyl (C=O) groups excluding carboxylic acids is 1. The molecule has 1 atom stereocenters. The average molecular weight is 447 g/mol. The molecular weight excluding hydrogens is 430 g/mol. The van der Waals surface area contributed by atoms with E-state index in [9.17, 15) is 19.5 Å². The molecule has 1 aromatic heterocycles. The van der Waals surface area contributed by atoms with Gasteiger partial charge in [0.25, 0.3) is 5.91 Å². The first-order valence-corrected chi connectivity index (χ1v) is 9.98. The van der Waals surface area contributed by atoms with E-state index in [0.717, 1.165) is 22.2 Å². The number of carboxylic acids is 2. The van der Waals surface area contributed by atoms with Crippen LogP contribution in [0.1, 0.15) is 18.6 Å². The van der Waals surface area contributed by atoms with Gasteiger partial charge in [-0.2, -0.15) is 0 Å². The molecule has 2 aromatic rings. The minimum atomic E-state index is -1.34. The molecule has 30 heavy (non-hydrogen) atoms. The summed E-state index contributed by atoms with van der Waals surface area (Å²) in [6.07, 6.45) is 0.853. The first kappa shape index (κ1) is 21.6. The lowest BCUT2D eigenvalue weighted by atomic mass is 10.1. The predicted molar refractivity (Wildman–Crippen MR) is 114 cm³/mol. The van der Waals surface area contributed by atoms with Crippen molar-refractivity contribution >= 4 is 52.2 Å². The van der Waals surface area contributed by atoms with Gasteiger partial charge in [0.15, 0.2) is 0 Å². The van der Waals surface area contributed by atoms with Gasteiger partial charge >= 0.3 is 11.9 Å². The lowest BCUT2D eigenvalue weighted by molar-refractivity contribution is -0.146. The Morgan fingerprint density at radius 2 is 1.93 bits per heavy atom. The van der Waals surface area contributed by atoms with Gasteiger partial charge in [0.1, 0.15) is 27.6 Å². The topological polar surface area (TPSA) is 117 Å². The number of hydrogen-bond acceptors (Lipinski definition) is 7. The Hall–Kier alpha value is -3.11. The first-order valence-electron chi connectivity index (χ1n) is 8.76. The second kappa shape index (κ2) is 9.14. The molecule has 0 radical (unpaired) electrons. The molecule has 1 saturated heterocycles. The zero-order valence-electron chi connectivity index (χ0n) is 15.7. The second-order valence-corrected chi connectivity index (χ2v) is 7.94. The Balaban J connectivity index is 1.80. The smallest absolute Gasteiger partial charge is 0.326 e. The van der Waals surface area contributed by atoms with E-state index >= 15 is 0 Å². The molecule has 0 bridgehead atoms. The van der Waals surface area contributed by atoms with Crippen LogP contribution in [0.25, 0.3) is 17.4 Å². The van der Waals surface area contributed by atoms with Crippen LogP contribution in [0.2, 0.25) is 0 Å². The molecular formula is C20H17NO7S2. The van der Waals surface area contributed by atoms with Crippen LogP contribution in [0.4, 0.5) is 0 Å². The molecule has 1 aromatic carbocycles. The SMILES string of the molecule is COc1ccc(-c2ccc(/C=C3\SC(=S)N([C@@H](CCC(=O)O)C(=O)O)C3=O)o2)cc1. The van der Waals surface area contributed by atoms with Crippen LogP contribution in [0.5, 0.6) is 5.75 Å². The summed E-state index contributed by atoms with van der Waals surface area (Å²) >= 11 is 6.11. The number of amides is 1. The van der Waals surface area contributed by atoms with E-state index in [1.807, 2.05) is 12.1 Å². The molecule has 1 aliphatic heterocycles. The van der Waals surface area contributed by atoms with E-state index < -0.39 is 30.3 Å². The van der Waals surface area contributed by atoms with Crippen molar-refractivity contribution in [1.82, 2.24) is 4.90 Å². The minimum Gasteiger partial charge on any atom is -0.497 e. The van der Waals surface area contributed by atoms with E-state index in [-0.39, 0.29) is 15.6 Å². The summed E-state index contributed by atoms with van der Waals surface area (Å²) in [6.45, 7) is 0. The number of nitrogens with zero attached hydrogens (tertiary/aromatic N) is 1. The average Bonchev–Trinajstić information content (AvgIpc) is 3.28. The molecule has 0 saturated carbocycles. The van der Waals surface area contributed by atoms with Gasteiger partial charge in [0.2, 0.25) is 0 Å². The highest BCUT2D eigenvalue weighted by Gasteiger charge is 2.40. The third-order valence-corrected chi connectivity index (χ3v) is 5.66. The monoisotopic (exact) mass is 447 g/mol. The Morgan fingerprint density at radius 1 is 1.23 bits per heavy atom. The van der Waals surface area contributed by atoms with Crippen molar-refractivity contribution in [3.63, 3.8) is 0 Å². The number of hydrogen-bond donors (Lipinski definition) is 2. The van der Waals surface area contributed by atoms with Gasteiger partial charge in [-0.3, -0.25) is 14.5 Å².